The molecule has 4 bridgehead atoms. The standard InChI is InChI=1S/C19H30N2O2/c1-18(5-3-2-4-6-18)17(23)21-15-13-7-12-8-14(15)11-19(9-12,10-13)16(20)22/h12-15H,2-11H2,1H3,(H2,20,22)(H,21,23). The first kappa shape index (κ1) is 15.5. The first-order valence-corrected chi connectivity index (χ1v) is 9.53. The van der Waals surface area contributed by atoms with E-state index >= 15 is 0 Å². The molecule has 4 nitrogen and oxygen atoms in total. The molecular formula is C19H30N2O2. The van der Waals surface area contributed by atoms with Crippen LogP contribution in [0.4, 0.5) is 0 Å². The highest BCUT2D eigenvalue weighted by molar-refractivity contribution is 5.83. The van der Waals surface area contributed by atoms with Crippen molar-refractivity contribution >= 4 is 11.8 Å². The molecular weight excluding hydrogens is 288 g/mol. The summed E-state index contributed by atoms with van der Waals surface area (Å²) in [7, 11) is 0. The normalized spacial score (nSPS) is 44.0. The Morgan fingerprint density at radius 1 is 1.00 bits per heavy atom. The summed E-state index contributed by atoms with van der Waals surface area (Å²) in [6, 6.07) is 0.283. The van der Waals surface area contributed by atoms with E-state index in [2.05, 4.69) is 12.2 Å². The van der Waals surface area contributed by atoms with E-state index in [-0.39, 0.29) is 28.7 Å². The summed E-state index contributed by atoms with van der Waals surface area (Å²) in [5.41, 5.74) is 5.32. The predicted octanol–water partition coefficient (Wildman–Crippen LogP) is 2.75. The minimum atomic E-state index is -0.257. The van der Waals surface area contributed by atoms with Crippen molar-refractivity contribution in [3.8, 4) is 0 Å². The fourth-order valence-electron chi connectivity index (χ4n) is 6.45. The zero-order valence-corrected chi connectivity index (χ0v) is 14.3. The average Bonchev–Trinajstić information content (AvgIpc) is 2.50. The Labute approximate surface area is 138 Å². The van der Waals surface area contributed by atoms with Gasteiger partial charge >= 0.3 is 0 Å². The van der Waals surface area contributed by atoms with Gasteiger partial charge in [-0.3, -0.25) is 9.59 Å². The van der Waals surface area contributed by atoms with Crippen molar-refractivity contribution in [2.75, 3.05) is 0 Å². The molecule has 0 aromatic rings. The van der Waals surface area contributed by atoms with Gasteiger partial charge in [0, 0.05) is 16.9 Å². The molecule has 2 amide bonds. The second-order valence-corrected chi connectivity index (χ2v) is 9.24. The van der Waals surface area contributed by atoms with Crippen LogP contribution in [-0.4, -0.2) is 17.9 Å². The van der Waals surface area contributed by atoms with Gasteiger partial charge in [0.25, 0.3) is 0 Å². The lowest BCUT2D eigenvalue weighted by atomic mass is 9.47. The largest absolute Gasteiger partial charge is 0.369 e. The zero-order valence-electron chi connectivity index (χ0n) is 14.3. The van der Waals surface area contributed by atoms with Gasteiger partial charge in [-0.15, -0.1) is 0 Å². The smallest absolute Gasteiger partial charge is 0.226 e. The van der Waals surface area contributed by atoms with E-state index in [1.165, 1.54) is 32.1 Å². The number of carbonyl (C=O) groups excluding carboxylic acids is 2. The minimum Gasteiger partial charge on any atom is -0.369 e. The van der Waals surface area contributed by atoms with Crippen LogP contribution in [0.1, 0.15) is 71.1 Å². The molecule has 0 saturated heterocycles. The summed E-state index contributed by atoms with van der Waals surface area (Å²) in [4.78, 5) is 24.9. The predicted molar refractivity (Wildman–Crippen MR) is 88.3 cm³/mol. The van der Waals surface area contributed by atoms with Crippen molar-refractivity contribution < 1.29 is 9.59 Å². The van der Waals surface area contributed by atoms with Crippen LogP contribution in [0.25, 0.3) is 0 Å². The van der Waals surface area contributed by atoms with E-state index in [0.717, 1.165) is 32.1 Å². The molecule has 5 aliphatic rings. The number of rotatable bonds is 3. The van der Waals surface area contributed by atoms with Crippen LogP contribution in [0.3, 0.4) is 0 Å². The molecule has 5 rings (SSSR count). The number of hydrogen-bond donors (Lipinski definition) is 2. The lowest BCUT2D eigenvalue weighted by molar-refractivity contribution is -0.149. The maximum Gasteiger partial charge on any atom is 0.226 e. The molecule has 0 aromatic carbocycles. The zero-order chi connectivity index (χ0) is 16.2. The summed E-state index contributed by atoms with van der Waals surface area (Å²) in [6.45, 7) is 2.14. The Bertz CT molecular complexity index is 507. The fourth-order valence-corrected chi connectivity index (χ4v) is 6.45. The highest BCUT2D eigenvalue weighted by atomic mass is 16.2. The molecule has 5 saturated carbocycles. The quantitative estimate of drug-likeness (QED) is 0.840. The lowest BCUT2D eigenvalue weighted by Crippen LogP contribution is -2.63. The van der Waals surface area contributed by atoms with Crippen molar-refractivity contribution in [1.29, 1.82) is 0 Å². The van der Waals surface area contributed by atoms with Crippen LogP contribution in [0.5, 0.6) is 0 Å². The van der Waals surface area contributed by atoms with Gasteiger partial charge in [0.1, 0.15) is 0 Å². The fraction of sp³-hybridized carbons (Fsp3) is 0.895. The van der Waals surface area contributed by atoms with E-state index in [1.54, 1.807) is 0 Å². The van der Waals surface area contributed by atoms with Crippen molar-refractivity contribution in [3.63, 3.8) is 0 Å². The third kappa shape index (κ3) is 2.40. The van der Waals surface area contributed by atoms with Gasteiger partial charge in [0.15, 0.2) is 0 Å². The van der Waals surface area contributed by atoms with E-state index in [4.69, 9.17) is 5.73 Å². The van der Waals surface area contributed by atoms with Gasteiger partial charge in [0.2, 0.25) is 11.8 Å². The molecule has 4 heteroatoms. The molecule has 2 atom stereocenters. The summed E-state index contributed by atoms with van der Waals surface area (Å²) in [5, 5.41) is 3.44. The first-order valence-electron chi connectivity index (χ1n) is 9.53. The Kier molecular flexibility index (Phi) is 3.51. The molecule has 0 radical (unpaired) electrons. The van der Waals surface area contributed by atoms with Gasteiger partial charge in [-0.2, -0.15) is 0 Å². The Balaban J connectivity index is 1.49. The molecule has 0 aliphatic heterocycles. The third-order valence-electron chi connectivity index (χ3n) is 7.60. The van der Waals surface area contributed by atoms with E-state index in [9.17, 15) is 9.59 Å². The number of nitrogens with one attached hydrogen (secondary N) is 1. The van der Waals surface area contributed by atoms with Gasteiger partial charge in [-0.05, 0) is 62.7 Å². The molecule has 5 aliphatic carbocycles. The van der Waals surface area contributed by atoms with Gasteiger partial charge in [0.05, 0.1) is 0 Å². The van der Waals surface area contributed by atoms with Crippen molar-refractivity contribution in [3.05, 3.63) is 0 Å². The summed E-state index contributed by atoms with van der Waals surface area (Å²) >= 11 is 0. The molecule has 23 heavy (non-hydrogen) atoms. The number of primary amides is 1. The average molecular weight is 318 g/mol. The van der Waals surface area contributed by atoms with E-state index in [1.807, 2.05) is 0 Å². The van der Waals surface area contributed by atoms with E-state index < -0.39 is 0 Å². The molecule has 3 N–H and O–H groups in total. The van der Waals surface area contributed by atoms with Crippen LogP contribution in [-0.2, 0) is 9.59 Å². The van der Waals surface area contributed by atoms with Crippen LogP contribution in [0.15, 0.2) is 0 Å². The maximum absolute atomic E-state index is 12.9. The summed E-state index contributed by atoms with van der Waals surface area (Å²) < 4.78 is 0. The molecule has 0 spiro atoms. The number of carbonyl (C=O) groups is 2. The Hall–Kier alpha value is -1.06. The van der Waals surface area contributed by atoms with Crippen LogP contribution >= 0.6 is 0 Å². The second kappa shape index (κ2) is 5.22. The number of hydrogen-bond acceptors (Lipinski definition) is 2. The Morgan fingerprint density at radius 2 is 1.61 bits per heavy atom. The minimum absolute atomic E-state index is 0.0964. The third-order valence-corrected chi connectivity index (χ3v) is 7.60. The number of nitrogens with two attached hydrogens (primary N) is 1. The molecule has 2 unspecified atom stereocenters. The van der Waals surface area contributed by atoms with Crippen LogP contribution in [0.2, 0.25) is 0 Å². The van der Waals surface area contributed by atoms with Crippen molar-refractivity contribution in [2.24, 2.45) is 34.3 Å². The van der Waals surface area contributed by atoms with Crippen molar-refractivity contribution in [1.82, 2.24) is 5.32 Å². The van der Waals surface area contributed by atoms with Gasteiger partial charge in [-0.1, -0.05) is 26.2 Å². The first-order chi connectivity index (χ1) is 10.9. The van der Waals surface area contributed by atoms with Crippen molar-refractivity contribution in [2.45, 2.75) is 77.2 Å². The molecule has 5 fully saturated rings. The number of amides is 2. The molecule has 128 valence electrons. The molecule has 0 aromatic heterocycles. The maximum atomic E-state index is 12.9. The SMILES string of the molecule is CC1(C(=O)NC2C3CC4CC2CC(C(N)=O)(C4)C3)CCCCC1. The summed E-state index contributed by atoms with van der Waals surface area (Å²) in [5.74, 6) is 1.75. The highest BCUT2D eigenvalue weighted by Crippen LogP contribution is 2.60. The second-order valence-electron chi connectivity index (χ2n) is 9.24. The van der Waals surface area contributed by atoms with Gasteiger partial charge in [-0.25, -0.2) is 0 Å². The van der Waals surface area contributed by atoms with E-state index in [0.29, 0.717) is 17.8 Å². The highest BCUT2D eigenvalue weighted by Gasteiger charge is 2.58. The lowest BCUT2D eigenvalue weighted by Gasteiger charge is -2.59. The summed E-state index contributed by atoms with van der Waals surface area (Å²) in [6.07, 6.45) is 10.8. The molecule has 0 heterocycles. The monoisotopic (exact) mass is 318 g/mol. The topological polar surface area (TPSA) is 72.2 Å². The van der Waals surface area contributed by atoms with Gasteiger partial charge < -0.3 is 11.1 Å². The van der Waals surface area contributed by atoms with Crippen LogP contribution in [0, 0.1) is 28.6 Å². The Morgan fingerprint density at radius 3 is 2.17 bits per heavy atom. The van der Waals surface area contributed by atoms with Crippen LogP contribution < -0.4 is 11.1 Å².